The number of thiazole rings is 1. The van der Waals surface area contributed by atoms with Crippen molar-refractivity contribution in [2.75, 3.05) is 11.9 Å². The third kappa shape index (κ3) is 3.88. The predicted molar refractivity (Wildman–Crippen MR) is 76.3 cm³/mol. The lowest BCUT2D eigenvalue weighted by atomic mass is 10.1. The largest absolute Gasteiger partial charge is 0.362 e. The maximum absolute atomic E-state index is 13.4. The van der Waals surface area contributed by atoms with Crippen LogP contribution in [0.15, 0.2) is 17.6 Å². The van der Waals surface area contributed by atoms with Gasteiger partial charge >= 0.3 is 0 Å². The Hall–Kier alpha value is -1.74. The zero-order valence-corrected chi connectivity index (χ0v) is 12.1. The Balaban J connectivity index is 1.93. The van der Waals surface area contributed by atoms with Crippen molar-refractivity contribution in [3.05, 3.63) is 46.5 Å². The molecule has 1 aromatic carbocycles. The molecule has 21 heavy (non-hydrogen) atoms. The summed E-state index contributed by atoms with van der Waals surface area (Å²) >= 11 is 6.26. The molecule has 2 aromatic rings. The van der Waals surface area contributed by atoms with E-state index >= 15 is 0 Å². The third-order valence-electron chi connectivity index (χ3n) is 2.52. The van der Waals surface area contributed by atoms with E-state index in [1.165, 1.54) is 11.3 Å². The molecular weight excluding hydrogens is 326 g/mol. The van der Waals surface area contributed by atoms with Crippen LogP contribution < -0.4 is 10.6 Å². The van der Waals surface area contributed by atoms with Crippen LogP contribution >= 0.6 is 23.6 Å². The van der Waals surface area contributed by atoms with Gasteiger partial charge in [0, 0.05) is 29.8 Å². The summed E-state index contributed by atoms with van der Waals surface area (Å²) in [5.74, 6) is -5.64. The molecule has 112 valence electrons. The summed E-state index contributed by atoms with van der Waals surface area (Å²) in [6.45, 7) is 0.00788. The summed E-state index contributed by atoms with van der Waals surface area (Å²) in [5.41, 5.74) is -0.656. The minimum atomic E-state index is -1.42. The van der Waals surface area contributed by atoms with Crippen LogP contribution in [-0.2, 0) is 6.42 Å². The number of hydrogen-bond acceptors (Lipinski definition) is 3. The first-order chi connectivity index (χ1) is 9.99. The number of hydrogen-bond donors (Lipinski definition) is 2. The Morgan fingerprint density at radius 1 is 1.19 bits per heavy atom. The van der Waals surface area contributed by atoms with Crippen LogP contribution in [-0.4, -0.2) is 16.6 Å². The van der Waals surface area contributed by atoms with Crippen molar-refractivity contribution < 1.29 is 17.6 Å². The third-order valence-corrected chi connectivity index (χ3v) is 3.45. The Morgan fingerprint density at radius 2 is 1.86 bits per heavy atom. The molecule has 0 unspecified atom stereocenters. The molecular formula is C12H9F4N3S2. The topological polar surface area (TPSA) is 37.0 Å². The zero-order chi connectivity index (χ0) is 15.4. The molecule has 0 atom stereocenters. The fourth-order valence-electron chi connectivity index (χ4n) is 1.57. The van der Waals surface area contributed by atoms with Gasteiger partial charge in [-0.05, 0) is 18.6 Å². The van der Waals surface area contributed by atoms with Crippen molar-refractivity contribution in [3.8, 4) is 0 Å². The van der Waals surface area contributed by atoms with E-state index in [0.717, 1.165) is 0 Å². The number of nitrogens with zero attached hydrogens (tertiary/aromatic N) is 1. The number of nitrogens with one attached hydrogen (secondary N) is 2. The lowest BCUT2D eigenvalue weighted by Gasteiger charge is -2.10. The molecule has 1 heterocycles. The van der Waals surface area contributed by atoms with Gasteiger partial charge in [0.1, 0.15) is 0 Å². The Kier molecular flexibility index (Phi) is 5.07. The van der Waals surface area contributed by atoms with Gasteiger partial charge < -0.3 is 10.6 Å². The molecule has 0 bridgehead atoms. The molecule has 2 N–H and O–H groups in total. The van der Waals surface area contributed by atoms with Crippen LogP contribution in [0, 0.1) is 23.3 Å². The zero-order valence-electron chi connectivity index (χ0n) is 10.4. The highest BCUT2D eigenvalue weighted by molar-refractivity contribution is 7.80. The van der Waals surface area contributed by atoms with E-state index in [0.29, 0.717) is 5.13 Å². The summed E-state index contributed by atoms with van der Waals surface area (Å²) in [5, 5.41) is 7.92. The van der Waals surface area contributed by atoms with Gasteiger partial charge in [-0.1, -0.05) is 0 Å². The quantitative estimate of drug-likeness (QED) is 0.511. The van der Waals surface area contributed by atoms with Gasteiger partial charge in [0.25, 0.3) is 0 Å². The van der Waals surface area contributed by atoms with Crippen LogP contribution in [0.5, 0.6) is 0 Å². The average Bonchev–Trinajstić information content (AvgIpc) is 2.93. The SMILES string of the molecule is Fc1cc(F)c(F)c(CCNC(=S)Nc2nccs2)c1F. The van der Waals surface area contributed by atoms with Crippen LogP contribution in [0.25, 0.3) is 0 Å². The van der Waals surface area contributed by atoms with Crippen LogP contribution in [0.1, 0.15) is 5.56 Å². The molecule has 0 aliphatic heterocycles. The first kappa shape index (κ1) is 15.6. The molecule has 0 spiro atoms. The number of rotatable bonds is 4. The van der Waals surface area contributed by atoms with Crippen molar-refractivity contribution in [2.24, 2.45) is 0 Å². The summed E-state index contributed by atoms with van der Waals surface area (Å²) < 4.78 is 52.8. The standard InChI is InChI=1S/C12H9F4N3S2/c13-7-5-8(14)10(16)6(9(7)15)1-2-17-11(20)19-12-18-3-4-21-12/h3-5H,1-2H2,(H2,17,18,19,20). The van der Waals surface area contributed by atoms with E-state index < -0.39 is 28.8 Å². The summed E-state index contributed by atoms with van der Waals surface area (Å²) in [7, 11) is 0. The van der Waals surface area contributed by atoms with Gasteiger partial charge in [0.05, 0.1) is 0 Å². The minimum absolute atomic E-state index is 0.00788. The summed E-state index contributed by atoms with van der Waals surface area (Å²) in [6.07, 6.45) is 1.32. The Bertz CT molecular complexity index is 620. The van der Waals surface area contributed by atoms with Gasteiger partial charge in [-0.25, -0.2) is 22.5 Å². The summed E-state index contributed by atoms with van der Waals surface area (Å²) in [4.78, 5) is 3.93. The molecule has 0 saturated carbocycles. The maximum Gasteiger partial charge on any atom is 0.188 e. The van der Waals surface area contributed by atoms with Gasteiger partial charge in [-0.2, -0.15) is 0 Å². The molecule has 9 heteroatoms. The van der Waals surface area contributed by atoms with Crippen LogP contribution in [0.2, 0.25) is 0 Å². The van der Waals surface area contributed by atoms with Crippen molar-refractivity contribution >= 4 is 33.8 Å². The van der Waals surface area contributed by atoms with Crippen molar-refractivity contribution in [1.29, 1.82) is 0 Å². The van der Waals surface area contributed by atoms with Crippen LogP contribution in [0.3, 0.4) is 0 Å². The molecule has 2 rings (SSSR count). The number of thiocarbonyl (C=S) groups is 1. The second kappa shape index (κ2) is 6.81. The van der Waals surface area contributed by atoms with Gasteiger partial charge in [-0.15, -0.1) is 11.3 Å². The average molecular weight is 335 g/mol. The van der Waals surface area contributed by atoms with E-state index in [1.54, 1.807) is 11.6 Å². The maximum atomic E-state index is 13.4. The highest BCUT2D eigenvalue weighted by Crippen LogP contribution is 2.19. The first-order valence-electron chi connectivity index (χ1n) is 5.75. The molecule has 1 aromatic heterocycles. The van der Waals surface area contributed by atoms with Crippen LogP contribution in [0.4, 0.5) is 22.7 Å². The van der Waals surface area contributed by atoms with E-state index in [2.05, 4.69) is 15.6 Å². The second-order valence-electron chi connectivity index (χ2n) is 3.91. The monoisotopic (exact) mass is 335 g/mol. The Labute approximate surface area is 127 Å². The van der Waals surface area contributed by atoms with E-state index in [-0.39, 0.29) is 24.1 Å². The number of anilines is 1. The minimum Gasteiger partial charge on any atom is -0.362 e. The number of benzene rings is 1. The lowest BCUT2D eigenvalue weighted by molar-refractivity contribution is 0.438. The van der Waals surface area contributed by atoms with E-state index in [1.807, 2.05) is 0 Å². The van der Waals surface area contributed by atoms with Gasteiger partial charge in [0.15, 0.2) is 33.5 Å². The molecule has 0 amide bonds. The molecule has 0 aliphatic rings. The fraction of sp³-hybridized carbons (Fsp3) is 0.167. The van der Waals surface area contributed by atoms with Gasteiger partial charge in [0.2, 0.25) is 0 Å². The molecule has 0 aliphatic carbocycles. The molecule has 0 radical (unpaired) electrons. The van der Waals surface area contributed by atoms with Gasteiger partial charge in [-0.3, -0.25) is 0 Å². The highest BCUT2D eigenvalue weighted by Gasteiger charge is 2.18. The highest BCUT2D eigenvalue weighted by atomic mass is 32.1. The van der Waals surface area contributed by atoms with Crippen molar-refractivity contribution in [2.45, 2.75) is 6.42 Å². The molecule has 3 nitrogen and oxygen atoms in total. The first-order valence-corrected chi connectivity index (χ1v) is 7.04. The molecule has 0 fully saturated rings. The fourth-order valence-corrected chi connectivity index (χ4v) is 2.37. The summed E-state index contributed by atoms with van der Waals surface area (Å²) in [6, 6.07) is 0.177. The predicted octanol–water partition coefficient (Wildman–Crippen LogP) is 3.23. The van der Waals surface area contributed by atoms with E-state index in [4.69, 9.17) is 12.2 Å². The number of aromatic nitrogens is 1. The lowest BCUT2D eigenvalue weighted by Crippen LogP contribution is -2.30. The second-order valence-corrected chi connectivity index (χ2v) is 5.22. The van der Waals surface area contributed by atoms with Crippen molar-refractivity contribution in [1.82, 2.24) is 10.3 Å². The smallest absolute Gasteiger partial charge is 0.188 e. The van der Waals surface area contributed by atoms with Crippen molar-refractivity contribution in [3.63, 3.8) is 0 Å². The van der Waals surface area contributed by atoms with E-state index in [9.17, 15) is 17.6 Å². The normalized spacial score (nSPS) is 10.5. The molecule has 0 saturated heterocycles. The Morgan fingerprint density at radius 3 is 2.43 bits per heavy atom. The number of halogens is 4.